The van der Waals surface area contributed by atoms with E-state index in [-0.39, 0.29) is 11.4 Å². The zero-order valence-electron chi connectivity index (χ0n) is 11.4. The topological polar surface area (TPSA) is 64.9 Å². The Kier molecular flexibility index (Phi) is 5.34. The molecule has 19 heavy (non-hydrogen) atoms. The van der Waals surface area contributed by atoms with Gasteiger partial charge in [0.1, 0.15) is 0 Å². The zero-order chi connectivity index (χ0) is 14.5. The number of hydrogen-bond acceptors (Lipinski definition) is 3. The summed E-state index contributed by atoms with van der Waals surface area (Å²) < 4.78 is 0. The van der Waals surface area contributed by atoms with Crippen molar-refractivity contribution in [2.75, 3.05) is 11.9 Å². The Morgan fingerprint density at radius 3 is 2.63 bits per heavy atom. The summed E-state index contributed by atoms with van der Waals surface area (Å²) in [7, 11) is 0. The van der Waals surface area contributed by atoms with Crippen molar-refractivity contribution in [1.82, 2.24) is 5.32 Å². The van der Waals surface area contributed by atoms with Crippen LogP contribution in [-0.4, -0.2) is 18.0 Å². The molecule has 4 nitrogen and oxygen atoms in total. The average molecular weight is 280 g/mol. The summed E-state index contributed by atoms with van der Waals surface area (Å²) in [5.74, 6) is -0.108. The highest BCUT2D eigenvalue weighted by Crippen LogP contribution is 2.22. The van der Waals surface area contributed by atoms with E-state index in [1.54, 1.807) is 12.1 Å². The first-order valence-electron chi connectivity index (χ1n) is 6.06. The van der Waals surface area contributed by atoms with E-state index in [1.165, 1.54) is 6.07 Å². The molecule has 0 radical (unpaired) electrons. The van der Waals surface area contributed by atoms with E-state index in [4.69, 9.17) is 16.9 Å². The van der Waals surface area contributed by atoms with Crippen molar-refractivity contribution in [3.05, 3.63) is 28.8 Å². The van der Waals surface area contributed by atoms with Crippen LogP contribution in [0.2, 0.25) is 5.02 Å². The van der Waals surface area contributed by atoms with E-state index in [0.717, 1.165) is 0 Å². The number of nitrogens with one attached hydrogen (secondary N) is 2. The fraction of sp³-hybridized carbons (Fsp3) is 0.429. The van der Waals surface area contributed by atoms with Crippen molar-refractivity contribution >= 4 is 23.2 Å². The van der Waals surface area contributed by atoms with Crippen molar-refractivity contribution in [3.63, 3.8) is 0 Å². The molecular formula is C14H18ClN3O. The summed E-state index contributed by atoms with van der Waals surface area (Å²) in [4.78, 5) is 11.7. The third-order valence-corrected chi connectivity index (χ3v) is 2.69. The normalized spacial score (nSPS) is 10.9. The van der Waals surface area contributed by atoms with Gasteiger partial charge in [0.05, 0.1) is 22.3 Å². The summed E-state index contributed by atoms with van der Waals surface area (Å²) in [5.41, 5.74) is 0.991. The Hall–Kier alpha value is -1.57. The van der Waals surface area contributed by atoms with Crippen molar-refractivity contribution < 1.29 is 4.79 Å². The van der Waals surface area contributed by atoms with Crippen molar-refractivity contribution in [2.45, 2.75) is 32.7 Å². The molecule has 1 amide bonds. The number of anilines is 1. The molecular weight excluding hydrogens is 262 g/mol. The molecule has 0 bridgehead atoms. The Bertz CT molecular complexity index is 500. The molecule has 0 aliphatic carbocycles. The van der Waals surface area contributed by atoms with Gasteiger partial charge in [-0.1, -0.05) is 11.6 Å². The molecule has 1 aromatic rings. The maximum Gasteiger partial charge on any atom is 0.225 e. The van der Waals surface area contributed by atoms with Crippen LogP contribution in [0.15, 0.2) is 18.2 Å². The number of halogens is 1. The van der Waals surface area contributed by atoms with Gasteiger partial charge in [0.2, 0.25) is 5.91 Å². The van der Waals surface area contributed by atoms with Crippen LogP contribution in [0.25, 0.3) is 0 Å². The predicted octanol–water partition coefficient (Wildman–Crippen LogP) is 2.93. The Balaban J connectivity index is 2.51. The molecule has 0 fully saturated rings. The Labute approximate surface area is 118 Å². The second-order valence-electron chi connectivity index (χ2n) is 5.28. The number of rotatable bonds is 4. The molecule has 0 saturated carbocycles. The van der Waals surface area contributed by atoms with Gasteiger partial charge in [0, 0.05) is 18.5 Å². The molecule has 0 heterocycles. The van der Waals surface area contributed by atoms with Crippen LogP contribution in [0.1, 0.15) is 32.8 Å². The van der Waals surface area contributed by atoms with E-state index in [9.17, 15) is 4.79 Å². The highest BCUT2D eigenvalue weighted by molar-refractivity contribution is 6.33. The maximum absolute atomic E-state index is 11.7. The van der Waals surface area contributed by atoms with Crippen LogP contribution in [0.5, 0.6) is 0 Å². The van der Waals surface area contributed by atoms with Crippen LogP contribution >= 0.6 is 11.6 Å². The summed E-state index contributed by atoms with van der Waals surface area (Å²) in [6.07, 6.45) is 0.369. The first-order chi connectivity index (χ1) is 8.81. The Morgan fingerprint density at radius 2 is 2.11 bits per heavy atom. The first kappa shape index (κ1) is 15.5. The van der Waals surface area contributed by atoms with Gasteiger partial charge in [0.25, 0.3) is 0 Å². The first-order valence-corrected chi connectivity index (χ1v) is 6.44. The second kappa shape index (κ2) is 6.55. The van der Waals surface area contributed by atoms with Crippen molar-refractivity contribution in [1.29, 1.82) is 5.26 Å². The summed E-state index contributed by atoms with van der Waals surface area (Å²) in [6, 6.07) is 6.78. The van der Waals surface area contributed by atoms with Crippen LogP contribution in [0, 0.1) is 11.3 Å². The predicted molar refractivity (Wildman–Crippen MR) is 77.2 cm³/mol. The lowest BCUT2D eigenvalue weighted by molar-refractivity contribution is -0.116. The van der Waals surface area contributed by atoms with E-state index in [0.29, 0.717) is 29.2 Å². The standard InChI is InChI=1S/C14H18ClN3O/c1-14(2,3)17-7-6-13(19)18-12-5-4-10(9-16)8-11(12)15/h4-5,8,17H,6-7H2,1-3H3,(H,18,19). The third-order valence-electron chi connectivity index (χ3n) is 2.38. The van der Waals surface area contributed by atoms with Gasteiger partial charge in [0.15, 0.2) is 0 Å². The van der Waals surface area contributed by atoms with E-state index < -0.39 is 0 Å². The summed E-state index contributed by atoms with van der Waals surface area (Å²) in [5, 5.41) is 15.1. The van der Waals surface area contributed by atoms with Gasteiger partial charge in [-0.15, -0.1) is 0 Å². The summed E-state index contributed by atoms with van der Waals surface area (Å²) >= 11 is 5.98. The molecule has 0 aromatic heterocycles. The summed E-state index contributed by atoms with van der Waals surface area (Å²) in [6.45, 7) is 6.73. The van der Waals surface area contributed by atoms with Crippen molar-refractivity contribution in [2.24, 2.45) is 0 Å². The van der Waals surface area contributed by atoms with Gasteiger partial charge in [-0.2, -0.15) is 5.26 Å². The van der Waals surface area contributed by atoms with Crippen LogP contribution in [0.3, 0.4) is 0 Å². The van der Waals surface area contributed by atoms with Gasteiger partial charge < -0.3 is 10.6 Å². The molecule has 0 unspecified atom stereocenters. The number of benzene rings is 1. The SMILES string of the molecule is CC(C)(C)NCCC(=O)Nc1ccc(C#N)cc1Cl. The lowest BCUT2D eigenvalue weighted by Crippen LogP contribution is -2.37. The van der Waals surface area contributed by atoms with Crippen LogP contribution in [0.4, 0.5) is 5.69 Å². The second-order valence-corrected chi connectivity index (χ2v) is 5.69. The molecule has 1 rings (SSSR count). The zero-order valence-corrected chi connectivity index (χ0v) is 12.1. The van der Waals surface area contributed by atoms with Gasteiger partial charge in [-0.3, -0.25) is 4.79 Å². The van der Waals surface area contributed by atoms with E-state index >= 15 is 0 Å². The monoisotopic (exact) mass is 279 g/mol. The highest BCUT2D eigenvalue weighted by atomic mass is 35.5. The highest BCUT2D eigenvalue weighted by Gasteiger charge is 2.10. The smallest absolute Gasteiger partial charge is 0.225 e. The van der Waals surface area contributed by atoms with Crippen molar-refractivity contribution in [3.8, 4) is 6.07 Å². The van der Waals surface area contributed by atoms with Gasteiger partial charge in [-0.25, -0.2) is 0 Å². The lowest BCUT2D eigenvalue weighted by Gasteiger charge is -2.20. The molecule has 0 saturated heterocycles. The minimum Gasteiger partial charge on any atom is -0.325 e. The molecule has 0 aliphatic heterocycles. The number of carbonyl (C=O) groups excluding carboxylic acids is 1. The fourth-order valence-electron chi connectivity index (χ4n) is 1.45. The molecule has 0 atom stereocenters. The number of nitrogens with zero attached hydrogens (tertiary/aromatic N) is 1. The van der Waals surface area contributed by atoms with E-state index in [1.807, 2.05) is 26.8 Å². The van der Waals surface area contributed by atoms with Gasteiger partial charge >= 0.3 is 0 Å². The maximum atomic E-state index is 11.7. The Morgan fingerprint density at radius 1 is 1.42 bits per heavy atom. The molecule has 1 aromatic carbocycles. The lowest BCUT2D eigenvalue weighted by atomic mass is 10.1. The fourth-order valence-corrected chi connectivity index (χ4v) is 1.68. The average Bonchev–Trinajstić information content (AvgIpc) is 2.30. The molecule has 0 aliphatic rings. The van der Waals surface area contributed by atoms with E-state index in [2.05, 4.69) is 10.6 Å². The quantitative estimate of drug-likeness (QED) is 0.891. The molecule has 2 N–H and O–H groups in total. The number of carbonyl (C=O) groups is 1. The number of nitriles is 1. The largest absolute Gasteiger partial charge is 0.325 e. The minimum atomic E-state index is -0.108. The molecule has 102 valence electrons. The molecule has 5 heteroatoms. The number of hydrogen-bond donors (Lipinski definition) is 2. The third kappa shape index (κ3) is 5.73. The van der Waals surface area contributed by atoms with Gasteiger partial charge in [-0.05, 0) is 39.0 Å². The minimum absolute atomic E-state index is 0.00757. The van der Waals surface area contributed by atoms with Crippen LogP contribution < -0.4 is 10.6 Å². The van der Waals surface area contributed by atoms with Crippen LogP contribution in [-0.2, 0) is 4.79 Å². The molecule has 0 spiro atoms. The number of amides is 1.